The molecule has 0 aliphatic rings. The Balaban J connectivity index is 2.71. The van der Waals surface area contributed by atoms with Gasteiger partial charge in [-0.05, 0) is 17.7 Å². The number of hydrogen-bond acceptors (Lipinski definition) is 6. The molecule has 4 nitrogen and oxygen atoms in total. The summed E-state index contributed by atoms with van der Waals surface area (Å²) in [4.78, 5) is 20.9. The molecule has 0 unspecified atom stereocenters. The van der Waals surface area contributed by atoms with Crippen molar-refractivity contribution in [3.8, 4) is 0 Å². The van der Waals surface area contributed by atoms with Gasteiger partial charge in [-0.2, -0.15) is 0 Å². The molecule has 18 heavy (non-hydrogen) atoms. The van der Waals surface area contributed by atoms with Crippen LogP contribution in [-0.4, -0.2) is 23.4 Å². The number of carbonyl (C=O) groups excluding carboxylic acids is 2. The average Bonchev–Trinajstić information content (AvgIpc) is 2.30. The second kappa shape index (κ2) is 7.56. The summed E-state index contributed by atoms with van der Waals surface area (Å²) >= 11 is 7.94. The van der Waals surface area contributed by atoms with E-state index in [1.807, 2.05) is 0 Å². The zero-order valence-electron chi connectivity index (χ0n) is 9.13. The van der Waals surface area contributed by atoms with E-state index in [0.717, 1.165) is 29.1 Å². The average molecular weight is 305 g/mol. The topological polar surface area (TPSA) is 80.3 Å². The van der Waals surface area contributed by atoms with Gasteiger partial charge in [-0.25, -0.2) is 0 Å². The monoisotopic (exact) mass is 304 g/mol. The summed E-state index contributed by atoms with van der Waals surface area (Å²) in [5, 5.41) is 21.4. The second-order valence-electron chi connectivity index (χ2n) is 3.25. The van der Waals surface area contributed by atoms with Gasteiger partial charge in [0.25, 0.3) is 0 Å². The zero-order valence-corrected chi connectivity index (χ0v) is 11.5. The van der Waals surface area contributed by atoms with Crippen LogP contribution in [0.2, 0.25) is 5.02 Å². The van der Waals surface area contributed by atoms with Gasteiger partial charge in [-0.1, -0.05) is 23.7 Å². The minimum absolute atomic E-state index is 0.201. The van der Waals surface area contributed by atoms with Gasteiger partial charge in [0.05, 0.1) is 16.5 Å². The van der Waals surface area contributed by atoms with E-state index < -0.39 is 11.9 Å². The number of carbonyl (C=O) groups is 2. The number of rotatable bonds is 7. The number of carboxylic acids is 2. The lowest BCUT2D eigenvalue weighted by Gasteiger charge is -2.17. The molecular weight excluding hydrogens is 296 g/mol. The smallest absolute Gasteiger partial charge is 0.0758 e. The van der Waals surface area contributed by atoms with Crippen LogP contribution in [0.4, 0.5) is 0 Å². The number of halogens is 1. The lowest BCUT2D eigenvalue weighted by Crippen LogP contribution is -2.26. The molecule has 0 aromatic heterocycles. The normalized spacial score (nSPS) is 10.6. The molecule has 0 amide bonds. The minimum Gasteiger partial charge on any atom is -0.549 e. The summed E-state index contributed by atoms with van der Waals surface area (Å²) in [6.07, 6.45) is 0. The minimum atomic E-state index is -1.19. The first-order valence-corrected chi connectivity index (χ1v) is 7.35. The van der Waals surface area contributed by atoms with E-state index in [9.17, 15) is 19.8 Å². The van der Waals surface area contributed by atoms with Crippen LogP contribution in [0.3, 0.4) is 0 Å². The van der Waals surface area contributed by atoms with Crippen LogP contribution < -0.4 is 10.2 Å². The third-order valence-electron chi connectivity index (χ3n) is 1.85. The van der Waals surface area contributed by atoms with Gasteiger partial charge in [0.15, 0.2) is 0 Å². The molecule has 1 aromatic rings. The van der Waals surface area contributed by atoms with E-state index in [0.29, 0.717) is 5.02 Å². The number of thioether (sulfide) groups is 2. The molecule has 1 aromatic carbocycles. The highest BCUT2D eigenvalue weighted by Gasteiger charge is 2.12. The lowest BCUT2D eigenvalue weighted by molar-refractivity contribution is -0.302. The zero-order chi connectivity index (χ0) is 13.5. The van der Waals surface area contributed by atoms with Crippen molar-refractivity contribution in [1.82, 2.24) is 0 Å². The standard InChI is InChI=1S/C11H11ClO4S2/c12-8-3-1-7(2-4-8)11(17-5-9(13)14)18-6-10(15)16/h1-4,11H,5-6H2,(H,13,14)(H,15,16)/p-2. The van der Waals surface area contributed by atoms with Crippen LogP contribution in [0.15, 0.2) is 24.3 Å². The van der Waals surface area contributed by atoms with E-state index in [-0.39, 0.29) is 16.1 Å². The summed E-state index contributed by atoms with van der Waals surface area (Å²) < 4.78 is -0.307. The van der Waals surface area contributed by atoms with Gasteiger partial charge in [0.2, 0.25) is 0 Å². The third kappa shape index (κ3) is 5.66. The molecule has 7 heteroatoms. The summed E-state index contributed by atoms with van der Waals surface area (Å²) in [5.41, 5.74) is 0.803. The number of aliphatic carboxylic acids is 2. The Morgan fingerprint density at radius 3 is 1.89 bits per heavy atom. The Labute approximate surface area is 118 Å². The summed E-state index contributed by atoms with van der Waals surface area (Å²) in [7, 11) is 0. The number of carboxylic acid groups (broad SMARTS) is 2. The predicted molar refractivity (Wildman–Crippen MR) is 69.1 cm³/mol. The van der Waals surface area contributed by atoms with Crippen LogP contribution in [-0.2, 0) is 9.59 Å². The van der Waals surface area contributed by atoms with Gasteiger partial charge < -0.3 is 19.8 Å². The van der Waals surface area contributed by atoms with Gasteiger partial charge in [-0.15, -0.1) is 23.5 Å². The Morgan fingerprint density at radius 2 is 1.50 bits per heavy atom. The van der Waals surface area contributed by atoms with E-state index in [1.165, 1.54) is 0 Å². The van der Waals surface area contributed by atoms with Gasteiger partial charge in [-0.3, -0.25) is 0 Å². The molecule has 0 aliphatic carbocycles. The van der Waals surface area contributed by atoms with E-state index in [1.54, 1.807) is 24.3 Å². The first-order valence-electron chi connectivity index (χ1n) is 4.87. The lowest BCUT2D eigenvalue weighted by atomic mass is 10.2. The van der Waals surface area contributed by atoms with Crippen molar-refractivity contribution in [2.24, 2.45) is 0 Å². The molecule has 0 saturated carbocycles. The molecule has 0 heterocycles. The predicted octanol–water partition coefficient (Wildman–Crippen LogP) is 0.305. The summed E-state index contributed by atoms with van der Waals surface area (Å²) in [6.45, 7) is 0. The van der Waals surface area contributed by atoms with Crippen LogP contribution in [0.25, 0.3) is 0 Å². The summed E-state index contributed by atoms with van der Waals surface area (Å²) in [5.74, 6) is -2.78. The van der Waals surface area contributed by atoms with Crippen molar-refractivity contribution in [2.75, 3.05) is 11.5 Å². The Hall–Kier alpha value is -0.850. The highest BCUT2D eigenvalue weighted by Crippen LogP contribution is 2.39. The molecule has 0 radical (unpaired) electrons. The SMILES string of the molecule is O=C([O-])CSC(SCC(=O)[O-])c1ccc(Cl)cc1. The molecule has 0 atom stereocenters. The van der Waals surface area contributed by atoms with Crippen LogP contribution >= 0.6 is 35.1 Å². The maximum atomic E-state index is 10.4. The fourth-order valence-electron chi connectivity index (χ4n) is 1.15. The highest BCUT2D eigenvalue weighted by molar-refractivity contribution is 8.16. The molecule has 0 N–H and O–H groups in total. The molecule has 0 saturated heterocycles. The van der Waals surface area contributed by atoms with Gasteiger partial charge in [0.1, 0.15) is 0 Å². The molecule has 0 bridgehead atoms. The van der Waals surface area contributed by atoms with Crippen molar-refractivity contribution < 1.29 is 19.8 Å². The maximum absolute atomic E-state index is 10.4. The van der Waals surface area contributed by atoms with Crippen molar-refractivity contribution in [3.05, 3.63) is 34.9 Å². The van der Waals surface area contributed by atoms with E-state index >= 15 is 0 Å². The molecule has 98 valence electrons. The van der Waals surface area contributed by atoms with Gasteiger partial charge >= 0.3 is 0 Å². The van der Waals surface area contributed by atoms with E-state index in [2.05, 4.69) is 0 Å². The Morgan fingerprint density at radius 1 is 1.06 bits per heavy atom. The van der Waals surface area contributed by atoms with E-state index in [4.69, 9.17) is 11.6 Å². The van der Waals surface area contributed by atoms with Gasteiger partial charge in [0, 0.05) is 16.5 Å². The second-order valence-corrected chi connectivity index (χ2v) is 6.17. The Bertz CT molecular complexity index is 404. The number of hydrogen-bond donors (Lipinski definition) is 0. The third-order valence-corrected chi connectivity index (χ3v) is 4.87. The van der Waals surface area contributed by atoms with Crippen molar-refractivity contribution in [1.29, 1.82) is 0 Å². The maximum Gasteiger partial charge on any atom is 0.0758 e. The van der Waals surface area contributed by atoms with Crippen LogP contribution in [0.5, 0.6) is 0 Å². The Kier molecular flexibility index (Phi) is 6.38. The molecular formula is C11H9ClO4S2-2. The first-order chi connectivity index (χ1) is 8.49. The van der Waals surface area contributed by atoms with Crippen LogP contribution in [0.1, 0.15) is 10.1 Å². The van der Waals surface area contributed by atoms with Crippen molar-refractivity contribution >= 4 is 47.1 Å². The molecule has 1 rings (SSSR count). The summed E-state index contributed by atoms with van der Waals surface area (Å²) in [6, 6.07) is 6.81. The molecule has 0 fully saturated rings. The van der Waals surface area contributed by atoms with Crippen molar-refractivity contribution in [2.45, 2.75) is 4.58 Å². The molecule has 0 aliphatic heterocycles. The van der Waals surface area contributed by atoms with Crippen molar-refractivity contribution in [3.63, 3.8) is 0 Å². The van der Waals surface area contributed by atoms with Crippen LogP contribution in [0, 0.1) is 0 Å². The first kappa shape index (κ1) is 15.2. The molecule has 0 spiro atoms. The fraction of sp³-hybridized carbons (Fsp3) is 0.273. The highest BCUT2D eigenvalue weighted by atomic mass is 35.5. The quantitative estimate of drug-likeness (QED) is 0.674. The largest absolute Gasteiger partial charge is 0.549 e. The number of benzene rings is 1. The fourth-order valence-corrected chi connectivity index (χ4v) is 3.34.